The predicted octanol–water partition coefficient (Wildman–Crippen LogP) is 2.69. The molecule has 10 heavy (non-hydrogen) atoms. The fraction of sp³-hybridized carbons (Fsp3) is 1.00. The summed E-state index contributed by atoms with van der Waals surface area (Å²) < 4.78 is 0. The molecule has 0 N–H and O–H groups in total. The van der Waals surface area contributed by atoms with Gasteiger partial charge >= 0.3 is 0 Å². The molecule has 4 aliphatic carbocycles. The summed E-state index contributed by atoms with van der Waals surface area (Å²) >= 11 is 0. The summed E-state index contributed by atoms with van der Waals surface area (Å²) in [5, 5.41) is 0. The van der Waals surface area contributed by atoms with Gasteiger partial charge in [0.05, 0.1) is 0 Å². The monoisotopic (exact) mass is 136 g/mol. The minimum atomic E-state index is 0.805. The molecule has 4 aliphatic rings. The Balaban J connectivity index is 1.99. The zero-order valence-electron chi connectivity index (χ0n) is 6.93. The smallest absolute Gasteiger partial charge is 0.0266 e. The maximum Gasteiger partial charge on any atom is -0.0266 e. The Morgan fingerprint density at radius 1 is 1.40 bits per heavy atom. The summed E-state index contributed by atoms with van der Waals surface area (Å²) in [6, 6.07) is 0. The van der Waals surface area contributed by atoms with Crippen molar-refractivity contribution in [2.75, 3.05) is 0 Å². The van der Waals surface area contributed by atoms with Crippen molar-refractivity contribution in [2.24, 2.45) is 29.1 Å². The third-order valence-electron chi connectivity index (χ3n) is 5.08. The zero-order valence-corrected chi connectivity index (χ0v) is 6.93. The van der Waals surface area contributed by atoms with E-state index in [-0.39, 0.29) is 0 Å². The van der Waals surface area contributed by atoms with Crippen LogP contribution >= 0.6 is 0 Å². The lowest BCUT2D eigenvalue weighted by Gasteiger charge is -2.74. The Bertz CT molecular complexity index is 174. The molecule has 4 fully saturated rings. The second-order valence-corrected chi connectivity index (χ2v) is 5.01. The molecule has 0 radical (unpaired) electrons. The second kappa shape index (κ2) is 1.31. The molecule has 0 amide bonds. The molecule has 0 heteroatoms. The normalized spacial score (nSPS) is 70.2. The minimum absolute atomic E-state index is 0.805. The van der Waals surface area contributed by atoms with Gasteiger partial charge in [-0.25, -0.2) is 0 Å². The molecule has 56 valence electrons. The van der Waals surface area contributed by atoms with Crippen molar-refractivity contribution in [1.82, 2.24) is 0 Å². The molecule has 0 spiro atoms. The van der Waals surface area contributed by atoms with E-state index in [2.05, 4.69) is 13.8 Å². The van der Waals surface area contributed by atoms with Crippen molar-refractivity contribution < 1.29 is 0 Å². The largest absolute Gasteiger partial charge is 0.0617 e. The SMILES string of the molecule is CC1C2C3CCC1(C)C2C3. The summed E-state index contributed by atoms with van der Waals surface area (Å²) in [5.74, 6) is 4.59. The Labute approximate surface area is 63.0 Å². The van der Waals surface area contributed by atoms with Gasteiger partial charge in [-0.2, -0.15) is 0 Å². The highest BCUT2D eigenvalue weighted by Gasteiger charge is 2.67. The Hall–Kier alpha value is 0. The van der Waals surface area contributed by atoms with Gasteiger partial charge in [0.15, 0.2) is 0 Å². The van der Waals surface area contributed by atoms with Crippen molar-refractivity contribution in [3.05, 3.63) is 0 Å². The molecule has 0 aromatic rings. The molecule has 0 saturated heterocycles. The Morgan fingerprint density at radius 3 is 2.50 bits per heavy atom. The first-order chi connectivity index (χ1) is 4.73. The minimum Gasteiger partial charge on any atom is -0.0617 e. The van der Waals surface area contributed by atoms with Gasteiger partial charge in [0.1, 0.15) is 0 Å². The molecule has 0 aliphatic heterocycles. The van der Waals surface area contributed by atoms with Crippen molar-refractivity contribution in [2.45, 2.75) is 33.1 Å². The molecule has 0 heterocycles. The van der Waals surface area contributed by atoms with E-state index in [9.17, 15) is 0 Å². The van der Waals surface area contributed by atoms with Crippen LogP contribution in [0.4, 0.5) is 0 Å². The molecular formula is C10H16. The van der Waals surface area contributed by atoms with Crippen molar-refractivity contribution in [3.63, 3.8) is 0 Å². The van der Waals surface area contributed by atoms with Crippen LogP contribution in [-0.4, -0.2) is 0 Å². The summed E-state index contributed by atoms with van der Waals surface area (Å²) in [6.07, 6.45) is 4.69. The fourth-order valence-electron chi connectivity index (χ4n) is 4.12. The van der Waals surface area contributed by atoms with Crippen LogP contribution in [0.2, 0.25) is 0 Å². The molecule has 4 bridgehead atoms. The fourth-order valence-corrected chi connectivity index (χ4v) is 4.12. The van der Waals surface area contributed by atoms with Crippen LogP contribution in [0.25, 0.3) is 0 Å². The maximum absolute atomic E-state index is 2.52. The van der Waals surface area contributed by atoms with Gasteiger partial charge in [0.2, 0.25) is 0 Å². The van der Waals surface area contributed by atoms with E-state index >= 15 is 0 Å². The van der Waals surface area contributed by atoms with Crippen LogP contribution in [-0.2, 0) is 0 Å². The molecule has 0 nitrogen and oxygen atoms in total. The summed E-state index contributed by atoms with van der Waals surface area (Å²) in [7, 11) is 0. The maximum atomic E-state index is 2.52. The quantitative estimate of drug-likeness (QED) is 0.480. The molecule has 0 aromatic carbocycles. The highest BCUT2D eigenvalue weighted by Crippen LogP contribution is 2.74. The van der Waals surface area contributed by atoms with E-state index < -0.39 is 0 Å². The molecule has 0 aromatic heterocycles. The zero-order chi connectivity index (χ0) is 6.93. The first-order valence-electron chi connectivity index (χ1n) is 4.73. The first-order valence-corrected chi connectivity index (χ1v) is 4.73. The van der Waals surface area contributed by atoms with Crippen molar-refractivity contribution in [3.8, 4) is 0 Å². The highest BCUT2D eigenvalue weighted by molar-refractivity contribution is 5.16. The van der Waals surface area contributed by atoms with Crippen LogP contribution in [0.5, 0.6) is 0 Å². The lowest BCUT2D eigenvalue weighted by atomic mass is 9.31. The predicted molar refractivity (Wildman–Crippen MR) is 41.6 cm³/mol. The highest BCUT2D eigenvalue weighted by atomic mass is 14.7. The van der Waals surface area contributed by atoms with Gasteiger partial charge in [-0.05, 0) is 48.3 Å². The number of hydrogen-bond acceptors (Lipinski definition) is 0. The van der Waals surface area contributed by atoms with E-state index in [1.807, 2.05) is 0 Å². The van der Waals surface area contributed by atoms with Crippen LogP contribution in [0.3, 0.4) is 0 Å². The van der Waals surface area contributed by atoms with Gasteiger partial charge in [0, 0.05) is 0 Å². The van der Waals surface area contributed by atoms with Crippen LogP contribution in [0.1, 0.15) is 33.1 Å². The first kappa shape index (κ1) is 5.62. The number of fused-ring (bicyclic) bond motifs is 1. The van der Waals surface area contributed by atoms with Gasteiger partial charge in [-0.3, -0.25) is 0 Å². The molecule has 4 saturated carbocycles. The van der Waals surface area contributed by atoms with Gasteiger partial charge in [0.25, 0.3) is 0 Å². The molecule has 5 unspecified atom stereocenters. The van der Waals surface area contributed by atoms with Crippen LogP contribution in [0, 0.1) is 29.1 Å². The second-order valence-electron chi connectivity index (χ2n) is 5.01. The van der Waals surface area contributed by atoms with E-state index in [4.69, 9.17) is 0 Å². The van der Waals surface area contributed by atoms with Crippen molar-refractivity contribution in [1.29, 1.82) is 0 Å². The average Bonchev–Trinajstić information content (AvgIpc) is 1.86. The standard InChI is InChI=1S/C10H16/c1-6-9-7-3-4-10(6,2)8(9)5-7/h6-9H,3-5H2,1-2H3. The van der Waals surface area contributed by atoms with E-state index in [0.29, 0.717) is 0 Å². The molecule has 5 atom stereocenters. The van der Waals surface area contributed by atoms with Gasteiger partial charge in [-0.15, -0.1) is 0 Å². The average molecular weight is 136 g/mol. The van der Waals surface area contributed by atoms with E-state index in [0.717, 1.165) is 11.3 Å². The third-order valence-corrected chi connectivity index (χ3v) is 5.08. The Kier molecular flexibility index (Phi) is 0.735. The van der Waals surface area contributed by atoms with E-state index in [1.54, 1.807) is 19.3 Å². The summed E-state index contributed by atoms with van der Waals surface area (Å²) in [5.41, 5.74) is 0.805. The number of hydrogen-bond donors (Lipinski definition) is 0. The van der Waals surface area contributed by atoms with Crippen LogP contribution in [0.15, 0.2) is 0 Å². The summed E-state index contributed by atoms with van der Waals surface area (Å²) in [6.45, 7) is 5.00. The Morgan fingerprint density at radius 2 is 2.20 bits per heavy atom. The summed E-state index contributed by atoms with van der Waals surface area (Å²) in [4.78, 5) is 0. The third kappa shape index (κ3) is 0.339. The topological polar surface area (TPSA) is 0 Å². The molecule has 4 rings (SSSR count). The number of rotatable bonds is 0. The van der Waals surface area contributed by atoms with Crippen LogP contribution < -0.4 is 0 Å². The van der Waals surface area contributed by atoms with E-state index in [1.165, 1.54) is 17.8 Å². The van der Waals surface area contributed by atoms with Gasteiger partial charge in [-0.1, -0.05) is 13.8 Å². The lowest BCUT2D eigenvalue weighted by Crippen LogP contribution is -2.67. The van der Waals surface area contributed by atoms with Crippen molar-refractivity contribution >= 4 is 0 Å². The lowest BCUT2D eigenvalue weighted by molar-refractivity contribution is -0.254. The van der Waals surface area contributed by atoms with Gasteiger partial charge < -0.3 is 0 Å². The molecular weight excluding hydrogens is 120 g/mol.